The number of sulfonamides is 1. The van der Waals surface area contributed by atoms with Gasteiger partial charge in [-0.15, -0.1) is 0 Å². The number of ether oxygens (including phenoxy) is 1. The van der Waals surface area contributed by atoms with Crippen molar-refractivity contribution >= 4 is 27.3 Å². The monoisotopic (exact) mass is 360 g/mol. The van der Waals surface area contributed by atoms with E-state index < -0.39 is 10.0 Å². The molecule has 1 aliphatic rings. The highest BCUT2D eigenvalue weighted by Crippen LogP contribution is 2.34. The highest BCUT2D eigenvalue weighted by molar-refractivity contribution is 7.92. The first-order chi connectivity index (χ1) is 11.9. The zero-order valence-corrected chi connectivity index (χ0v) is 15.0. The molecule has 0 spiro atoms. The zero-order chi connectivity index (χ0) is 18.0. The van der Waals surface area contributed by atoms with Crippen molar-refractivity contribution in [3.8, 4) is 5.75 Å². The Balaban J connectivity index is 1.89. The molecule has 0 aromatic heterocycles. The first-order valence-electron chi connectivity index (χ1n) is 7.98. The van der Waals surface area contributed by atoms with Gasteiger partial charge in [-0.3, -0.25) is 9.52 Å². The number of hydrogen-bond donors (Lipinski definition) is 1. The number of rotatable bonds is 5. The van der Waals surface area contributed by atoms with Gasteiger partial charge in [-0.25, -0.2) is 8.42 Å². The van der Waals surface area contributed by atoms with Crippen molar-refractivity contribution in [2.24, 2.45) is 0 Å². The summed E-state index contributed by atoms with van der Waals surface area (Å²) in [6.07, 6.45) is 1.33. The standard InChI is InChI=1S/C18H20N2O4S/c1-13-5-3-6-15(11-13)25(22,23)19-14-8-9-16(17(12-14)24-2)20-10-4-7-18(20)21/h3,5-6,8-9,11-12,19H,4,7,10H2,1-2H3. The van der Waals surface area contributed by atoms with Crippen LogP contribution in [-0.4, -0.2) is 28.0 Å². The van der Waals surface area contributed by atoms with Gasteiger partial charge < -0.3 is 9.64 Å². The largest absolute Gasteiger partial charge is 0.494 e. The third-order valence-electron chi connectivity index (χ3n) is 4.10. The third kappa shape index (κ3) is 3.61. The quantitative estimate of drug-likeness (QED) is 0.889. The van der Waals surface area contributed by atoms with Gasteiger partial charge in [0, 0.05) is 19.0 Å². The van der Waals surface area contributed by atoms with Crippen LogP contribution in [0.3, 0.4) is 0 Å². The Hall–Kier alpha value is -2.54. The Morgan fingerprint density at radius 2 is 1.96 bits per heavy atom. The maximum absolute atomic E-state index is 12.5. The Bertz CT molecular complexity index is 909. The molecule has 1 N–H and O–H groups in total. The van der Waals surface area contributed by atoms with E-state index in [2.05, 4.69) is 4.72 Å². The molecule has 0 unspecified atom stereocenters. The van der Waals surface area contributed by atoms with Crippen molar-refractivity contribution in [1.29, 1.82) is 0 Å². The number of aryl methyl sites for hydroxylation is 1. The summed E-state index contributed by atoms with van der Waals surface area (Å²) in [6.45, 7) is 2.48. The normalized spacial score (nSPS) is 14.6. The van der Waals surface area contributed by atoms with Crippen LogP contribution in [0.4, 0.5) is 11.4 Å². The van der Waals surface area contributed by atoms with E-state index in [1.165, 1.54) is 7.11 Å². The fraction of sp³-hybridized carbons (Fsp3) is 0.278. The molecule has 1 fully saturated rings. The minimum Gasteiger partial charge on any atom is -0.494 e. The van der Waals surface area contributed by atoms with E-state index in [1.807, 2.05) is 13.0 Å². The summed E-state index contributed by atoms with van der Waals surface area (Å²) in [5.41, 5.74) is 1.90. The molecule has 1 saturated heterocycles. The molecule has 2 aromatic rings. The number of amides is 1. The summed E-state index contributed by atoms with van der Waals surface area (Å²) in [7, 11) is -2.19. The van der Waals surface area contributed by atoms with Crippen LogP contribution in [0.1, 0.15) is 18.4 Å². The number of nitrogens with one attached hydrogen (secondary N) is 1. The van der Waals surface area contributed by atoms with Gasteiger partial charge in [0.15, 0.2) is 0 Å². The van der Waals surface area contributed by atoms with Crippen LogP contribution in [0.15, 0.2) is 47.4 Å². The Morgan fingerprint density at radius 1 is 1.16 bits per heavy atom. The van der Waals surface area contributed by atoms with Gasteiger partial charge in [-0.05, 0) is 43.2 Å². The predicted molar refractivity (Wildman–Crippen MR) is 96.6 cm³/mol. The Kier molecular flexibility index (Phi) is 4.67. The Labute approximate surface area is 147 Å². The maximum Gasteiger partial charge on any atom is 0.261 e. The highest BCUT2D eigenvalue weighted by Gasteiger charge is 2.25. The number of anilines is 2. The van der Waals surface area contributed by atoms with Crippen LogP contribution in [0.2, 0.25) is 0 Å². The SMILES string of the molecule is COc1cc(NS(=O)(=O)c2cccc(C)c2)ccc1N1CCCC1=O. The van der Waals surface area contributed by atoms with E-state index in [0.717, 1.165) is 12.0 Å². The lowest BCUT2D eigenvalue weighted by Crippen LogP contribution is -2.24. The third-order valence-corrected chi connectivity index (χ3v) is 5.47. The molecule has 132 valence electrons. The van der Waals surface area contributed by atoms with Crippen LogP contribution < -0.4 is 14.4 Å². The number of methoxy groups -OCH3 is 1. The van der Waals surface area contributed by atoms with E-state index in [-0.39, 0.29) is 10.8 Å². The molecule has 7 heteroatoms. The maximum atomic E-state index is 12.5. The second-order valence-corrected chi connectivity index (χ2v) is 7.64. The summed E-state index contributed by atoms with van der Waals surface area (Å²) in [6, 6.07) is 11.6. The zero-order valence-electron chi connectivity index (χ0n) is 14.2. The second kappa shape index (κ2) is 6.76. The fourth-order valence-electron chi connectivity index (χ4n) is 2.86. The molecular weight excluding hydrogens is 340 g/mol. The molecule has 3 rings (SSSR count). The van der Waals surface area contributed by atoms with Crippen molar-refractivity contribution in [2.75, 3.05) is 23.3 Å². The molecule has 0 atom stereocenters. The lowest BCUT2D eigenvalue weighted by molar-refractivity contribution is -0.117. The minimum absolute atomic E-state index is 0.0476. The van der Waals surface area contributed by atoms with E-state index in [1.54, 1.807) is 41.3 Å². The fourth-order valence-corrected chi connectivity index (χ4v) is 4.02. The van der Waals surface area contributed by atoms with Crippen molar-refractivity contribution in [1.82, 2.24) is 0 Å². The van der Waals surface area contributed by atoms with Gasteiger partial charge in [-0.2, -0.15) is 0 Å². The molecule has 0 saturated carbocycles. The average Bonchev–Trinajstić information content (AvgIpc) is 3.00. The molecule has 6 nitrogen and oxygen atoms in total. The van der Waals surface area contributed by atoms with Crippen molar-refractivity contribution in [3.05, 3.63) is 48.0 Å². The van der Waals surface area contributed by atoms with Crippen LogP contribution in [0, 0.1) is 6.92 Å². The van der Waals surface area contributed by atoms with Gasteiger partial charge in [-0.1, -0.05) is 12.1 Å². The number of benzene rings is 2. The van der Waals surface area contributed by atoms with Crippen LogP contribution in [-0.2, 0) is 14.8 Å². The van der Waals surface area contributed by atoms with Crippen LogP contribution in [0.5, 0.6) is 5.75 Å². The number of carbonyl (C=O) groups excluding carboxylic acids is 1. The molecule has 0 aliphatic carbocycles. The van der Waals surface area contributed by atoms with Crippen molar-refractivity contribution in [2.45, 2.75) is 24.7 Å². The van der Waals surface area contributed by atoms with Gasteiger partial charge in [0.2, 0.25) is 5.91 Å². The second-order valence-electron chi connectivity index (χ2n) is 5.96. The summed E-state index contributed by atoms with van der Waals surface area (Å²) >= 11 is 0. The summed E-state index contributed by atoms with van der Waals surface area (Å²) < 4.78 is 33.0. The molecule has 2 aromatic carbocycles. The first-order valence-corrected chi connectivity index (χ1v) is 9.47. The first kappa shape index (κ1) is 17.3. The molecule has 1 heterocycles. The Morgan fingerprint density at radius 3 is 2.60 bits per heavy atom. The lowest BCUT2D eigenvalue weighted by atomic mass is 10.2. The number of nitrogens with zero attached hydrogens (tertiary/aromatic N) is 1. The van der Waals surface area contributed by atoms with Crippen LogP contribution in [0.25, 0.3) is 0 Å². The predicted octanol–water partition coefficient (Wildman–Crippen LogP) is 2.93. The summed E-state index contributed by atoms with van der Waals surface area (Å²) in [5, 5.41) is 0. The minimum atomic E-state index is -3.69. The van der Waals surface area contributed by atoms with E-state index in [0.29, 0.717) is 30.1 Å². The summed E-state index contributed by atoms with van der Waals surface area (Å²) in [5.74, 6) is 0.506. The molecule has 1 amide bonds. The molecule has 1 aliphatic heterocycles. The van der Waals surface area contributed by atoms with Crippen LogP contribution >= 0.6 is 0 Å². The van der Waals surface area contributed by atoms with Gasteiger partial charge in [0.25, 0.3) is 10.0 Å². The van der Waals surface area contributed by atoms with Gasteiger partial charge in [0.1, 0.15) is 5.75 Å². The topological polar surface area (TPSA) is 75.7 Å². The molecular formula is C18H20N2O4S. The van der Waals surface area contributed by atoms with Crippen molar-refractivity contribution in [3.63, 3.8) is 0 Å². The number of carbonyl (C=O) groups is 1. The molecule has 25 heavy (non-hydrogen) atoms. The van der Waals surface area contributed by atoms with Gasteiger partial charge in [0.05, 0.1) is 23.4 Å². The number of hydrogen-bond acceptors (Lipinski definition) is 4. The van der Waals surface area contributed by atoms with Gasteiger partial charge >= 0.3 is 0 Å². The van der Waals surface area contributed by atoms with E-state index >= 15 is 0 Å². The molecule has 0 bridgehead atoms. The summed E-state index contributed by atoms with van der Waals surface area (Å²) in [4.78, 5) is 13.8. The molecule has 0 radical (unpaired) electrons. The van der Waals surface area contributed by atoms with Crippen molar-refractivity contribution < 1.29 is 17.9 Å². The average molecular weight is 360 g/mol. The van der Waals surface area contributed by atoms with E-state index in [9.17, 15) is 13.2 Å². The van der Waals surface area contributed by atoms with E-state index in [4.69, 9.17) is 4.74 Å². The lowest BCUT2D eigenvalue weighted by Gasteiger charge is -2.20. The smallest absolute Gasteiger partial charge is 0.261 e. The highest BCUT2D eigenvalue weighted by atomic mass is 32.2.